The maximum atomic E-state index is 13.6. The van der Waals surface area contributed by atoms with Crippen molar-refractivity contribution in [2.75, 3.05) is 7.11 Å². The number of hydrogen-bond donors (Lipinski definition) is 0. The van der Waals surface area contributed by atoms with Crippen LogP contribution in [0.3, 0.4) is 0 Å². The van der Waals surface area contributed by atoms with Crippen molar-refractivity contribution in [2.45, 2.75) is 56.9 Å². The zero-order valence-corrected chi connectivity index (χ0v) is 13.8. The quantitative estimate of drug-likeness (QED) is 0.536. The first-order chi connectivity index (χ1) is 11.4. The molecule has 0 heterocycles. The van der Waals surface area contributed by atoms with Gasteiger partial charge in [-0.25, -0.2) is 0 Å². The van der Waals surface area contributed by atoms with Gasteiger partial charge in [-0.1, -0.05) is 19.1 Å². The molecule has 1 aromatic carbocycles. The standard InChI is InChI=1S/C16H19F7O2/c1-4-10(2)25-12-7-5-6-11(8-12)13(24-3)9-14(17,18)15(19,20)16(21,22)23/h5-8,10,13H,4,9H2,1-3H3. The van der Waals surface area contributed by atoms with Gasteiger partial charge in [-0.3, -0.25) is 0 Å². The molecular formula is C16H19F7O2. The third-order valence-electron chi connectivity index (χ3n) is 3.68. The minimum atomic E-state index is -6.36. The number of ether oxygens (including phenoxy) is 2. The lowest BCUT2D eigenvalue weighted by atomic mass is 9.98. The number of rotatable bonds is 8. The summed E-state index contributed by atoms with van der Waals surface area (Å²) in [5.41, 5.74) is 0.0148. The second-order valence-electron chi connectivity index (χ2n) is 5.61. The zero-order valence-electron chi connectivity index (χ0n) is 13.8. The van der Waals surface area contributed by atoms with Gasteiger partial charge in [-0.05, 0) is 31.0 Å². The Balaban J connectivity index is 3.05. The lowest BCUT2D eigenvalue weighted by Gasteiger charge is -2.30. The molecule has 1 rings (SSSR count). The van der Waals surface area contributed by atoms with Crippen LogP contribution in [0.4, 0.5) is 30.7 Å². The number of hydrogen-bond acceptors (Lipinski definition) is 2. The average Bonchev–Trinajstić information content (AvgIpc) is 2.51. The van der Waals surface area contributed by atoms with Gasteiger partial charge in [-0.2, -0.15) is 30.7 Å². The van der Waals surface area contributed by atoms with E-state index in [0.29, 0.717) is 6.42 Å². The molecule has 2 unspecified atom stereocenters. The average molecular weight is 376 g/mol. The van der Waals surface area contributed by atoms with Crippen LogP contribution in [0.2, 0.25) is 0 Å². The summed E-state index contributed by atoms with van der Waals surface area (Å²) in [4.78, 5) is 0. The summed E-state index contributed by atoms with van der Waals surface area (Å²) in [5.74, 6) is -11.2. The van der Waals surface area contributed by atoms with Gasteiger partial charge in [0.1, 0.15) is 5.75 Å². The van der Waals surface area contributed by atoms with Crippen molar-refractivity contribution in [1.82, 2.24) is 0 Å². The molecule has 0 saturated heterocycles. The van der Waals surface area contributed by atoms with Crippen molar-refractivity contribution in [1.29, 1.82) is 0 Å². The van der Waals surface area contributed by atoms with E-state index >= 15 is 0 Å². The van der Waals surface area contributed by atoms with Gasteiger partial charge in [0.15, 0.2) is 0 Å². The normalized spacial score (nSPS) is 15.8. The van der Waals surface area contributed by atoms with Crippen LogP contribution in [0.15, 0.2) is 24.3 Å². The Kier molecular flexibility index (Phi) is 6.72. The van der Waals surface area contributed by atoms with Crippen molar-refractivity contribution in [3.05, 3.63) is 29.8 Å². The first-order valence-corrected chi connectivity index (χ1v) is 7.47. The lowest BCUT2D eigenvalue weighted by molar-refractivity contribution is -0.358. The molecule has 0 bridgehead atoms. The first kappa shape index (κ1) is 21.5. The third-order valence-corrected chi connectivity index (χ3v) is 3.68. The molecule has 0 N–H and O–H groups in total. The molecular weight excluding hydrogens is 357 g/mol. The van der Waals surface area contributed by atoms with Gasteiger partial charge in [-0.15, -0.1) is 0 Å². The maximum absolute atomic E-state index is 13.6. The van der Waals surface area contributed by atoms with E-state index in [4.69, 9.17) is 9.47 Å². The molecule has 0 aromatic heterocycles. The van der Waals surface area contributed by atoms with Gasteiger partial charge in [0, 0.05) is 13.5 Å². The van der Waals surface area contributed by atoms with Gasteiger partial charge < -0.3 is 9.47 Å². The fraction of sp³-hybridized carbons (Fsp3) is 0.625. The second kappa shape index (κ2) is 7.80. The Morgan fingerprint density at radius 3 is 2.12 bits per heavy atom. The molecule has 0 aliphatic heterocycles. The Hall–Kier alpha value is -1.51. The van der Waals surface area contributed by atoms with Crippen LogP contribution in [0, 0.1) is 0 Å². The summed E-state index contributed by atoms with van der Waals surface area (Å²) in [6, 6.07) is 5.51. The predicted molar refractivity (Wildman–Crippen MR) is 77.1 cm³/mol. The van der Waals surface area contributed by atoms with Crippen LogP contribution in [-0.2, 0) is 4.74 Å². The number of halogens is 7. The van der Waals surface area contributed by atoms with Crippen molar-refractivity contribution < 1.29 is 40.2 Å². The molecule has 0 aliphatic rings. The van der Waals surface area contributed by atoms with Crippen LogP contribution in [0.1, 0.15) is 38.4 Å². The molecule has 0 fully saturated rings. The summed E-state index contributed by atoms with van der Waals surface area (Å²) in [5, 5.41) is 0. The summed E-state index contributed by atoms with van der Waals surface area (Å²) in [6.45, 7) is 3.62. The van der Waals surface area contributed by atoms with E-state index in [1.54, 1.807) is 6.92 Å². The first-order valence-electron chi connectivity index (χ1n) is 7.47. The van der Waals surface area contributed by atoms with Crippen molar-refractivity contribution >= 4 is 0 Å². The van der Waals surface area contributed by atoms with E-state index in [0.717, 1.165) is 7.11 Å². The van der Waals surface area contributed by atoms with Gasteiger partial charge >= 0.3 is 18.0 Å². The van der Waals surface area contributed by atoms with E-state index in [1.165, 1.54) is 24.3 Å². The molecule has 0 aliphatic carbocycles. The topological polar surface area (TPSA) is 18.5 Å². The largest absolute Gasteiger partial charge is 0.491 e. The summed E-state index contributed by atoms with van der Waals surface area (Å²) in [7, 11) is 0.953. The van der Waals surface area contributed by atoms with Crippen molar-refractivity contribution in [2.24, 2.45) is 0 Å². The Morgan fingerprint density at radius 1 is 1.04 bits per heavy atom. The van der Waals surface area contributed by atoms with Crippen molar-refractivity contribution in [3.8, 4) is 5.75 Å². The molecule has 2 nitrogen and oxygen atoms in total. The fourth-order valence-electron chi connectivity index (χ4n) is 2.01. The Bertz CT molecular complexity index is 558. The highest BCUT2D eigenvalue weighted by atomic mass is 19.4. The molecule has 0 spiro atoms. The van der Waals surface area contributed by atoms with Crippen LogP contribution in [-0.4, -0.2) is 31.2 Å². The summed E-state index contributed by atoms with van der Waals surface area (Å²) < 4.78 is 100. The minimum Gasteiger partial charge on any atom is -0.491 e. The van der Waals surface area contributed by atoms with E-state index in [-0.39, 0.29) is 17.4 Å². The van der Waals surface area contributed by atoms with E-state index in [2.05, 4.69) is 0 Å². The highest BCUT2D eigenvalue weighted by Gasteiger charge is 2.73. The zero-order chi connectivity index (χ0) is 19.5. The summed E-state index contributed by atoms with van der Waals surface area (Å²) in [6.07, 6.45) is -9.39. The van der Waals surface area contributed by atoms with Crippen LogP contribution < -0.4 is 4.74 Å². The van der Waals surface area contributed by atoms with Gasteiger partial charge in [0.2, 0.25) is 0 Å². The van der Waals surface area contributed by atoms with E-state index < -0.39 is 30.5 Å². The van der Waals surface area contributed by atoms with Gasteiger partial charge in [0.25, 0.3) is 0 Å². The fourth-order valence-corrected chi connectivity index (χ4v) is 2.01. The molecule has 144 valence electrons. The Labute approximate surface area is 140 Å². The van der Waals surface area contributed by atoms with E-state index in [9.17, 15) is 30.7 Å². The molecule has 2 atom stereocenters. The third kappa shape index (κ3) is 4.99. The molecule has 0 amide bonds. The highest BCUT2D eigenvalue weighted by Crippen LogP contribution is 2.50. The summed E-state index contributed by atoms with van der Waals surface area (Å²) >= 11 is 0. The molecule has 0 saturated carbocycles. The van der Waals surface area contributed by atoms with Crippen LogP contribution in [0.5, 0.6) is 5.75 Å². The van der Waals surface area contributed by atoms with Crippen LogP contribution in [0.25, 0.3) is 0 Å². The molecule has 0 radical (unpaired) electrons. The van der Waals surface area contributed by atoms with Crippen LogP contribution >= 0.6 is 0 Å². The maximum Gasteiger partial charge on any atom is 0.459 e. The number of alkyl halides is 7. The molecule has 1 aromatic rings. The SMILES string of the molecule is CCC(C)Oc1cccc(C(CC(F)(F)C(F)(F)C(F)(F)F)OC)c1. The second-order valence-corrected chi connectivity index (χ2v) is 5.61. The number of benzene rings is 1. The molecule has 9 heteroatoms. The minimum absolute atomic E-state index is 0.0148. The van der Waals surface area contributed by atoms with E-state index in [1.807, 2.05) is 6.92 Å². The Morgan fingerprint density at radius 2 is 1.64 bits per heavy atom. The lowest BCUT2D eigenvalue weighted by Crippen LogP contribution is -2.52. The van der Waals surface area contributed by atoms with Crippen molar-refractivity contribution in [3.63, 3.8) is 0 Å². The monoisotopic (exact) mass is 376 g/mol. The van der Waals surface area contributed by atoms with Gasteiger partial charge in [0.05, 0.1) is 12.2 Å². The number of methoxy groups -OCH3 is 1. The molecule has 25 heavy (non-hydrogen) atoms. The highest BCUT2D eigenvalue weighted by molar-refractivity contribution is 5.30. The predicted octanol–water partition coefficient (Wildman–Crippen LogP) is 5.77. The smallest absolute Gasteiger partial charge is 0.459 e.